The molecule has 0 fully saturated rings. The number of nitrogens with one attached hydrogen (secondary N) is 1. The van der Waals surface area contributed by atoms with Crippen LogP contribution in [0, 0.1) is 0 Å². The number of pyridine rings is 1. The van der Waals surface area contributed by atoms with Gasteiger partial charge in [-0.2, -0.15) is 0 Å². The molecule has 0 aliphatic carbocycles. The molecular weight excluding hydrogens is 178 g/mol. The number of likely N-dealkylation sites (N-methyl/N-ethyl adjacent to an activating group) is 1. The third-order valence-electron chi connectivity index (χ3n) is 2.12. The highest BCUT2D eigenvalue weighted by atomic mass is 15.3. The predicted molar refractivity (Wildman–Crippen MR) is 55.3 cm³/mol. The SMILES string of the molecule is CNCCc1nc2cccnc2n1N. The summed E-state index contributed by atoms with van der Waals surface area (Å²) in [4.78, 5) is 8.55. The van der Waals surface area contributed by atoms with Gasteiger partial charge in [0.2, 0.25) is 0 Å². The van der Waals surface area contributed by atoms with Gasteiger partial charge in [-0.1, -0.05) is 0 Å². The van der Waals surface area contributed by atoms with Crippen molar-refractivity contribution in [1.82, 2.24) is 20.0 Å². The normalized spacial score (nSPS) is 10.9. The standard InChI is InChI=1S/C9H13N5/c1-11-6-4-8-13-7-3-2-5-12-9(7)14(8)10/h2-3,5,11H,4,6,10H2,1H3. The molecule has 0 spiro atoms. The number of nitrogen functional groups attached to an aromatic ring is 1. The Morgan fingerprint density at radius 2 is 2.43 bits per heavy atom. The number of aromatic nitrogens is 3. The van der Waals surface area contributed by atoms with Crippen LogP contribution in [0.1, 0.15) is 5.82 Å². The zero-order chi connectivity index (χ0) is 9.97. The number of imidazole rings is 1. The predicted octanol–water partition coefficient (Wildman–Crippen LogP) is -0.0930. The lowest BCUT2D eigenvalue weighted by molar-refractivity contribution is 0.738. The molecule has 0 unspecified atom stereocenters. The fourth-order valence-electron chi connectivity index (χ4n) is 1.39. The number of hydrogen-bond donors (Lipinski definition) is 2. The Labute approximate surface area is 81.9 Å². The van der Waals surface area contributed by atoms with E-state index in [-0.39, 0.29) is 0 Å². The lowest BCUT2D eigenvalue weighted by Gasteiger charge is -2.00. The van der Waals surface area contributed by atoms with E-state index in [2.05, 4.69) is 15.3 Å². The maximum absolute atomic E-state index is 5.84. The van der Waals surface area contributed by atoms with Gasteiger partial charge >= 0.3 is 0 Å². The van der Waals surface area contributed by atoms with Crippen molar-refractivity contribution in [2.24, 2.45) is 0 Å². The van der Waals surface area contributed by atoms with Gasteiger partial charge in [-0.25, -0.2) is 14.6 Å². The number of fused-ring (bicyclic) bond motifs is 1. The molecule has 2 aromatic rings. The Kier molecular flexibility index (Phi) is 2.32. The first-order valence-electron chi connectivity index (χ1n) is 4.55. The van der Waals surface area contributed by atoms with Crippen LogP contribution in [-0.4, -0.2) is 28.2 Å². The maximum Gasteiger partial charge on any atom is 0.178 e. The molecule has 3 N–H and O–H groups in total. The minimum atomic E-state index is 0.735. The van der Waals surface area contributed by atoms with E-state index in [9.17, 15) is 0 Å². The molecule has 0 aliphatic heterocycles. The minimum absolute atomic E-state index is 0.735. The summed E-state index contributed by atoms with van der Waals surface area (Å²) in [5.41, 5.74) is 1.58. The molecule has 0 radical (unpaired) electrons. The Morgan fingerprint density at radius 3 is 3.14 bits per heavy atom. The topological polar surface area (TPSA) is 68.8 Å². The summed E-state index contributed by atoms with van der Waals surface area (Å²) in [6.45, 7) is 0.862. The second-order valence-electron chi connectivity index (χ2n) is 3.10. The molecule has 14 heavy (non-hydrogen) atoms. The van der Waals surface area contributed by atoms with Crippen LogP contribution in [0.3, 0.4) is 0 Å². The summed E-state index contributed by atoms with van der Waals surface area (Å²) in [5.74, 6) is 6.70. The summed E-state index contributed by atoms with van der Waals surface area (Å²) >= 11 is 0. The van der Waals surface area contributed by atoms with Crippen LogP contribution in [0.2, 0.25) is 0 Å². The maximum atomic E-state index is 5.84. The third-order valence-corrected chi connectivity index (χ3v) is 2.12. The Balaban J connectivity index is 2.41. The molecule has 0 saturated carbocycles. The van der Waals surface area contributed by atoms with Crippen LogP contribution in [0.15, 0.2) is 18.3 Å². The first-order chi connectivity index (χ1) is 6.83. The molecule has 0 aliphatic rings. The van der Waals surface area contributed by atoms with E-state index in [1.165, 1.54) is 0 Å². The van der Waals surface area contributed by atoms with E-state index < -0.39 is 0 Å². The van der Waals surface area contributed by atoms with Crippen LogP contribution < -0.4 is 11.2 Å². The molecule has 0 bridgehead atoms. The molecule has 2 rings (SSSR count). The van der Waals surface area contributed by atoms with Gasteiger partial charge in [-0.15, -0.1) is 0 Å². The van der Waals surface area contributed by atoms with Crippen molar-refractivity contribution in [1.29, 1.82) is 0 Å². The molecule has 74 valence electrons. The molecule has 2 aromatic heterocycles. The van der Waals surface area contributed by atoms with Crippen molar-refractivity contribution in [3.05, 3.63) is 24.2 Å². The van der Waals surface area contributed by atoms with Gasteiger partial charge in [0.15, 0.2) is 5.65 Å². The summed E-state index contributed by atoms with van der Waals surface area (Å²) < 4.78 is 1.55. The van der Waals surface area contributed by atoms with Gasteiger partial charge < -0.3 is 11.2 Å². The minimum Gasteiger partial charge on any atom is -0.336 e. The van der Waals surface area contributed by atoms with Crippen molar-refractivity contribution in [3.63, 3.8) is 0 Å². The van der Waals surface area contributed by atoms with Gasteiger partial charge in [0, 0.05) is 19.2 Å². The summed E-state index contributed by atoms with van der Waals surface area (Å²) in [7, 11) is 1.90. The Hall–Kier alpha value is -1.62. The van der Waals surface area contributed by atoms with Gasteiger partial charge in [0.05, 0.1) is 0 Å². The van der Waals surface area contributed by atoms with E-state index >= 15 is 0 Å². The second-order valence-corrected chi connectivity index (χ2v) is 3.10. The fourth-order valence-corrected chi connectivity index (χ4v) is 1.39. The Bertz CT molecular complexity index is 434. The first kappa shape index (κ1) is 8.96. The number of nitrogens with zero attached hydrogens (tertiary/aromatic N) is 3. The molecule has 0 aromatic carbocycles. The largest absolute Gasteiger partial charge is 0.336 e. The van der Waals surface area contributed by atoms with Crippen LogP contribution in [0.4, 0.5) is 0 Å². The van der Waals surface area contributed by atoms with Crippen molar-refractivity contribution in [2.75, 3.05) is 19.4 Å². The summed E-state index contributed by atoms with van der Waals surface area (Å²) in [5, 5.41) is 3.06. The van der Waals surface area contributed by atoms with Crippen molar-refractivity contribution in [2.45, 2.75) is 6.42 Å². The monoisotopic (exact) mass is 191 g/mol. The zero-order valence-corrected chi connectivity index (χ0v) is 8.07. The molecule has 5 heteroatoms. The Morgan fingerprint density at radius 1 is 1.57 bits per heavy atom. The van der Waals surface area contributed by atoms with E-state index in [0.29, 0.717) is 0 Å². The van der Waals surface area contributed by atoms with Crippen LogP contribution in [-0.2, 0) is 6.42 Å². The number of nitrogens with two attached hydrogens (primary N) is 1. The van der Waals surface area contributed by atoms with Crippen molar-refractivity contribution < 1.29 is 0 Å². The lowest BCUT2D eigenvalue weighted by atomic mass is 10.4. The van der Waals surface area contributed by atoms with Gasteiger partial charge in [0.1, 0.15) is 11.3 Å². The molecular formula is C9H13N5. The highest BCUT2D eigenvalue weighted by molar-refractivity contribution is 5.71. The molecule has 2 heterocycles. The smallest absolute Gasteiger partial charge is 0.178 e. The number of rotatable bonds is 3. The zero-order valence-electron chi connectivity index (χ0n) is 8.07. The first-order valence-corrected chi connectivity index (χ1v) is 4.55. The van der Waals surface area contributed by atoms with E-state index in [4.69, 9.17) is 5.84 Å². The second kappa shape index (κ2) is 3.63. The average molecular weight is 191 g/mol. The van der Waals surface area contributed by atoms with Crippen LogP contribution in [0.5, 0.6) is 0 Å². The highest BCUT2D eigenvalue weighted by Gasteiger charge is 2.07. The van der Waals surface area contributed by atoms with Crippen molar-refractivity contribution >= 4 is 11.2 Å². The van der Waals surface area contributed by atoms with E-state index in [1.807, 2.05) is 19.2 Å². The molecule has 5 nitrogen and oxygen atoms in total. The summed E-state index contributed by atoms with van der Waals surface area (Å²) in [6, 6.07) is 3.77. The lowest BCUT2D eigenvalue weighted by Crippen LogP contribution is -2.18. The van der Waals surface area contributed by atoms with E-state index in [1.54, 1.807) is 10.9 Å². The van der Waals surface area contributed by atoms with Crippen molar-refractivity contribution in [3.8, 4) is 0 Å². The van der Waals surface area contributed by atoms with Crippen LogP contribution in [0.25, 0.3) is 11.2 Å². The number of hydrogen-bond acceptors (Lipinski definition) is 4. The van der Waals surface area contributed by atoms with E-state index in [0.717, 1.165) is 30.0 Å². The quantitative estimate of drug-likeness (QED) is 0.665. The van der Waals surface area contributed by atoms with Crippen LogP contribution >= 0.6 is 0 Å². The molecule has 0 atom stereocenters. The average Bonchev–Trinajstić information content (AvgIpc) is 2.54. The third kappa shape index (κ3) is 1.42. The van der Waals surface area contributed by atoms with Gasteiger partial charge in [-0.05, 0) is 19.2 Å². The fraction of sp³-hybridized carbons (Fsp3) is 0.333. The molecule has 0 saturated heterocycles. The van der Waals surface area contributed by atoms with Gasteiger partial charge in [0.25, 0.3) is 0 Å². The molecule has 0 amide bonds. The summed E-state index contributed by atoms with van der Waals surface area (Å²) in [6.07, 6.45) is 2.53. The van der Waals surface area contributed by atoms with Gasteiger partial charge in [-0.3, -0.25) is 0 Å². The highest BCUT2D eigenvalue weighted by Crippen LogP contribution is 2.09.